The summed E-state index contributed by atoms with van der Waals surface area (Å²) in [5.74, 6) is 1.49. The van der Waals surface area contributed by atoms with Crippen molar-refractivity contribution in [1.29, 1.82) is 0 Å². The Morgan fingerprint density at radius 2 is 1.75 bits per heavy atom. The maximum Gasteiger partial charge on any atom is 0.269 e. The van der Waals surface area contributed by atoms with E-state index in [1.165, 1.54) is 11.6 Å². The second kappa shape index (κ2) is 9.03. The van der Waals surface area contributed by atoms with Gasteiger partial charge in [0, 0.05) is 50.9 Å². The van der Waals surface area contributed by atoms with E-state index in [0.29, 0.717) is 0 Å². The van der Waals surface area contributed by atoms with E-state index < -0.39 is 0 Å². The quantitative estimate of drug-likeness (QED) is 0.537. The number of hydrogen-bond donors (Lipinski definition) is 0. The molecule has 0 bridgehead atoms. The van der Waals surface area contributed by atoms with Crippen LogP contribution >= 0.6 is 0 Å². The van der Waals surface area contributed by atoms with Crippen molar-refractivity contribution in [2.24, 2.45) is 0 Å². The van der Waals surface area contributed by atoms with Crippen LogP contribution in [0.3, 0.4) is 0 Å². The first-order valence-electron chi connectivity index (χ1n) is 9.43. The molecule has 3 rings (SSSR count). The maximum absolute atomic E-state index is 11.0. The molecule has 1 aliphatic heterocycles. The second-order valence-corrected chi connectivity index (χ2v) is 7.03. The fourth-order valence-electron chi connectivity index (χ4n) is 3.65. The van der Waals surface area contributed by atoms with Gasteiger partial charge in [-0.3, -0.25) is 19.9 Å². The van der Waals surface area contributed by atoms with Gasteiger partial charge in [0.1, 0.15) is 0 Å². The summed E-state index contributed by atoms with van der Waals surface area (Å²) in [5, 5.41) is 11.0. The van der Waals surface area contributed by atoms with Crippen molar-refractivity contribution in [2.75, 3.05) is 40.4 Å². The molecule has 150 valence electrons. The average Bonchev–Trinajstić information content (AvgIpc) is 2.73. The van der Waals surface area contributed by atoms with Gasteiger partial charge in [-0.15, -0.1) is 0 Å². The van der Waals surface area contributed by atoms with Gasteiger partial charge in [-0.05, 0) is 30.2 Å². The fourth-order valence-corrected chi connectivity index (χ4v) is 3.65. The molecule has 0 aromatic heterocycles. The summed E-state index contributed by atoms with van der Waals surface area (Å²) in [6.45, 7) is 6.73. The number of piperazine rings is 1. The molecule has 0 unspecified atom stereocenters. The third kappa shape index (κ3) is 4.61. The smallest absolute Gasteiger partial charge is 0.269 e. The molecule has 0 spiro atoms. The first-order valence-corrected chi connectivity index (χ1v) is 9.43. The summed E-state index contributed by atoms with van der Waals surface area (Å²) >= 11 is 0. The highest BCUT2D eigenvalue weighted by molar-refractivity contribution is 5.42. The number of nitro benzene ring substituents is 1. The number of methoxy groups -OCH3 is 2. The molecule has 0 saturated carbocycles. The Bertz CT molecular complexity index is 819. The van der Waals surface area contributed by atoms with Gasteiger partial charge >= 0.3 is 0 Å². The van der Waals surface area contributed by atoms with E-state index in [-0.39, 0.29) is 16.7 Å². The molecular weight excluding hydrogens is 358 g/mol. The Morgan fingerprint density at radius 3 is 2.39 bits per heavy atom. The highest BCUT2D eigenvalue weighted by atomic mass is 16.6. The van der Waals surface area contributed by atoms with Crippen LogP contribution in [0.15, 0.2) is 42.5 Å². The number of nitro groups is 1. The monoisotopic (exact) mass is 385 g/mol. The van der Waals surface area contributed by atoms with E-state index in [4.69, 9.17) is 9.47 Å². The molecule has 0 radical (unpaired) electrons. The number of nitrogens with zero attached hydrogens (tertiary/aromatic N) is 3. The summed E-state index contributed by atoms with van der Waals surface area (Å²) < 4.78 is 10.7. The summed E-state index contributed by atoms with van der Waals surface area (Å²) in [5.41, 5.74) is 2.33. The molecule has 1 aliphatic rings. The van der Waals surface area contributed by atoms with E-state index in [0.717, 1.165) is 49.8 Å². The van der Waals surface area contributed by atoms with Crippen molar-refractivity contribution in [3.8, 4) is 11.5 Å². The van der Waals surface area contributed by atoms with Gasteiger partial charge in [-0.1, -0.05) is 18.2 Å². The van der Waals surface area contributed by atoms with Crippen molar-refractivity contribution >= 4 is 5.69 Å². The van der Waals surface area contributed by atoms with E-state index in [9.17, 15) is 10.1 Å². The molecule has 0 N–H and O–H groups in total. The van der Waals surface area contributed by atoms with Crippen LogP contribution in [0.4, 0.5) is 5.69 Å². The molecule has 7 nitrogen and oxygen atoms in total. The van der Waals surface area contributed by atoms with Crippen molar-refractivity contribution < 1.29 is 14.4 Å². The number of non-ortho nitro benzene ring substituents is 1. The minimum atomic E-state index is -0.336. The van der Waals surface area contributed by atoms with Crippen LogP contribution in [0.5, 0.6) is 11.5 Å². The first-order chi connectivity index (χ1) is 13.5. The van der Waals surface area contributed by atoms with Gasteiger partial charge in [-0.2, -0.15) is 0 Å². The highest BCUT2D eigenvalue weighted by Crippen LogP contribution is 2.29. The third-order valence-corrected chi connectivity index (χ3v) is 5.37. The largest absolute Gasteiger partial charge is 0.493 e. The minimum absolute atomic E-state index is 0.149. The molecule has 1 saturated heterocycles. The van der Waals surface area contributed by atoms with Crippen LogP contribution < -0.4 is 9.47 Å². The van der Waals surface area contributed by atoms with Gasteiger partial charge in [0.2, 0.25) is 0 Å². The zero-order chi connectivity index (χ0) is 20.1. The Hall–Kier alpha value is -2.64. The number of ether oxygens (including phenoxy) is 2. The Labute approximate surface area is 165 Å². The molecule has 1 fully saturated rings. The highest BCUT2D eigenvalue weighted by Gasteiger charge is 2.23. The van der Waals surface area contributed by atoms with Crippen molar-refractivity contribution in [2.45, 2.75) is 19.5 Å². The Kier molecular flexibility index (Phi) is 6.49. The van der Waals surface area contributed by atoms with Crippen LogP contribution in [0, 0.1) is 10.1 Å². The zero-order valence-electron chi connectivity index (χ0n) is 16.6. The number of benzene rings is 2. The molecule has 0 aliphatic carbocycles. The van der Waals surface area contributed by atoms with Gasteiger partial charge in [0.25, 0.3) is 5.69 Å². The Balaban J connectivity index is 1.58. The number of hydrogen-bond acceptors (Lipinski definition) is 6. The van der Waals surface area contributed by atoms with E-state index in [1.807, 2.05) is 18.2 Å². The molecule has 1 heterocycles. The van der Waals surface area contributed by atoms with Crippen LogP contribution in [0.25, 0.3) is 0 Å². The van der Waals surface area contributed by atoms with Gasteiger partial charge in [0.15, 0.2) is 11.5 Å². The lowest BCUT2D eigenvalue weighted by Crippen LogP contribution is -2.46. The van der Waals surface area contributed by atoms with E-state index in [1.54, 1.807) is 26.4 Å². The van der Waals surface area contributed by atoms with Crippen molar-refractivity contribution in [3.63, 3.8) is 0 Å². The Morgan fingerprint density at radius 1 is 1.04 bits per heavy atom. The summed E-state index contributed by atoms with van der Waals surface area (Å²) in [6, 6.07) is 13.1. The van der Waals surface area contributed by atoms with Gasteiger partial charge in [-0.25, -0.2) is 0 Å². The van der Waals surface area contributed by atoms with E-state index in [2.05, 4.69) is 22.8 Å². The fraction of sp³-hybridized carbons (Fsp3) is 0.429. The molecule has 7 heteroatoms. The lowest BCUT2D eigenvalue weighted by atomic mass is 10.1. The van der Waals surface area contributed by atoms with Gasteiger partial charge < -0.3 is 9.47 Å². The van der Waals surface area contributed by atoms with Gasteiger partial charge in [0.05, 0.1) is 19.1 Å². The molecule has 2 aromatic carbocycles. The molecular formula is C21H27N3O4. The zero-order valence-corrected chi connectivity index (χ0v) is 16.6. The maximum atomic E-state index is 11.0. The normalized spacial score (nSPS) is 16.5. The SMILES string of the molecule is COc1ccc(CN2CCN([C@H](C)c3cccc([N+](=O)[O-])c3)CC2)cc1OC. The van der Waals surface area contributed by atoms with Crippen LogP contribution in [-0.2, 0) is 6.54 Å². The molecule has 1 atom stereocenters. The topological polar surface area (TPSA) is 68.1 Å². The second-order valence-electron chi connectivity index (χ2n) is 7.03. The average molecular weight is 385 g/mol. The predicted octanol–water partition coefficient (Wildman–Crippen LogP) is 3.49. The lowest BCUT2D eigenvalue weighted by Gasteiger charge is -2.38. The standard InChI is InChI=1S/C21H27N3O4/c1-16(18-5-4-6-19(14-18)24(25)26)23-11-9-22(10-12-23)15-17-7-8-20(27-2)21(13-17)28-3/h4-8,13-14,16H,9-12,15H2,1-3H3/t16-/m1/s1. The van der Waals surface area contributed by atoms with Crippen LogP contribution in [-0.4, -0.2) is 55.1 Å². The first kappa shape index (κ1) is 20.1. The minimum Gasteiger partial charge on any atom is -0.493 e. The third-order valence-electron chi connectivity index (χ3n) is 5.37. The molecule has 0 amide bonds. The summed E-state index contributed by atoms with van der Waals surface area (Å²) in [7, 11) is 3.29. The molecule has 28 heavy (non-hydrogen) atoms. The number of rotatable bonds is 7. The van der Waals surface area contributed by atoms with Crippen molar-refractivity contribution in [3.05, 3.63) is 63.7 Å². The van der Waals surface area contributed by atoms with E-state index >= 15 is 0 Å². The van der Waals surface area contributed by atoms with Crippen LogP contribution in [0.1, 0.15) is 24.1 Å². The van der Waals surface area contributed by atoms with Crippen molar-refractivity contribution in [1.82, 2.24) is 9.80 Å². The summed E-state index contributed by atoms with van der Waals surface area (Å²) in [4.78, 5) is 15.5. The van der Waals surface area contributed by atoms with Crippen LogP contribution in [0.2, 0.25) is 0 Å². The lowest BCUT2D eigenvalue weighted by molar-refractivity contribution is -0.385. The predicted molar refractivity (Wildman–Crippen MR) is 108 cm³/mol. The summed E-state index contributed by atoms with van der Waals surface area (Å²) in [6.07, 6.45) is 0. The molecule has 2 aromatic rings.